The Kier molecular flexibility index (Phi) is 5.57. The van der Waals surface area contributed by atoms with Crippen LogP contribution in [0.4, 0.5) is 0 Å². The van der Waals surface area contributed by atoms with Gasteiger partial charge in [0.2, 0.25) is 11.8 Å². The quantitative estimate of drug-likeness (QED) is 0.839. The number of nitrogens with one attached hydrogen (secondary N) is 1. The molecule has 0 aromatic heterocycles. The number of hydrogen-bond donors (Lipinski definition) is 1. The average Bonchev–Trinajstić information content (AvgIpc) is 2.36. The molecule has 0 radical (unpaired) electrons. The summed E-state index contributed by atoms with van der Waals surface area (Å²) in [6.45, 7) is 10.4. The average molecular weight is 283 g/mol. The van der Waals surface area contributed by atoms with Crippen LogP contribution < -0.4 is 5.32 Å². The number of carbonyl (C=O) groups is 2. The Morgan fingerprint density at radius 1 is 1.35 bits per heavy atom. The molecule has 2 amide bonds. The van der Waals surface area contributed by atoms with E-state index in [1.54, 1.807) is 23.9 Å². The molecule has 0 aromatic carbocycles. The van der Waals surface area contributed by atoms with Crippen molar-refractivity contribution >= 4 is 11.8 Å². The van der Waals surface area contributed by atoms with Gasteiger partial charge in [-0.3, -0.25) is 9.59 Å². The lowest BCUT2D eigenvalue weighted by Crippen LogP contribution is -2.59. The van der Waals surface area contributed by atoms with E-state index in [1.807, 2.05) is 0 Å². The molecule has 2 unspecified atom stereocenters. The molecule has 1 aliphatic heterocycles. The fourth-order valence-electron chi connectivity index (χ4n) is 2.21. The molecule has 2 atom stereocenters. The zero-order valence-corrected chi connectivity index (χ0v) is 13.7. The second kappa shape index (κ2) is 6.57. The van der Waals surface area contributed by atoms with Crippen molar-refractivity contribution < 1.29 is 9.59 Å². The standard InChI is InChI=1S/C15H29N3O2/c1-11(15(2,3)4)9-13(19)18-8-7-16-10-12(18)14(20)17(5)6/h11-12,16H,7-10H2,1-6H3. The van der Waals surface area contributed by atoms with Crippen molar-refractivity contribution in [1.29, 1.82) is 0 Å². The van der Waals surface area contributed by atoms with E-state index >= 15 is 0 Å². The molecule has 0 aromatic rings. The van der Waals surface area contributed by atoms with Gasteiger partial charge >= 0.3 is 0 Å². The normalized spacial score (nSPS) is 21.5. The molecular weight excluding hydrogens is 254 g/mol. The van der Waals surface area contributed by atoms with Crippen LogP contribution in [0.2, 0.25) is 0 Å². The van der Waals surface area contributed by atoms with Gasteiger partial charge in [-0.25, -0.2) is 0 Å². The molecular formula is C15H29N3O2. The van der Waals surface area contributed by atoms with Crippen LogP contribution in [0, 0.1) is 11.3 Å². The largest absolute Gasteiger partial charge is 0.347 e. The molecule has 0 aliphatic carbocycles. The number of amides is 2. The predicted octanol–water partition coefficient (Wildman–Crippen LogP) is 0.947. The minimum Gasteiger partial charge on any atom is -0.347 e. The van der Waals surface area contributed by atoms with Gasteiger partial charge in [0.15, 0.2) is 0 Å². The Balaban J connectivity index is 2.75. The third-order valence-corrected chi connectivity index (χ3v) is 4.25. The van der Waals surface area contributed by atoms with E-state index < -0.39 is 0 Å². The van der Waals surface area contributed by atoms with E-state index in [0.717, 1.165) is 6.54 Å². The Hall–Kier alpha value is -1.10. The van der Waals surface area contributed by atoms with Crippen LogP contribution in [0.3, 0.4) is 0 Å². The maximum atomic E-state index is 12.5. The highest BCUT2D eigenvalue weighted by atomic mass is 16.2. The predicted molar refractivity (Wildman–Crippen MR) is 80.3 cm³/mol. The lowest BCUT2D eigenvalue weighted by molar-refractivity contribution is -0.146. The first-order valence-corrected chi connectivity index (χ1v) is 7.36. The summed E-state index contributed by atoms with van der Waals surface area (Å²) in [5.74, 6) is 0.378. The summed E-state index contributed by atoms with van der Waals surface area (Å²) in [7, 11) is 3.47. The van der Waals surface area contributed by atoms with Crippen LogP contribution in [0.15, 0.2) is 0 Å². The number of rotatable bonds is 3. The van der Waals surface area contributed by atoms with E-state index in [-0.39, 0.29) is 23.3 Å². The molecule has 5 heteroatoms. The maximum Gasteiger partial charge on any atom is 0.246 e. The van der Waals surface area contributed by atoms with E-state index in [9.17, 15) is 9.59 Å². The van der Waals surface area contributed by atoms with E-state index in [2.05, 4.69) is 33.0 Å². The van der Waals surface area contributed by atoms with E-state index in [1.165, 1.54) is 0 Å². The second-order valence-electron chi connectivity index (χ2n) is 7.01. The minimum atomic E-state index is -0.363. The van der Waals surface area contributed by atoms with Crippen molar-refractivity contribution in [2.24, 2.45) is 11.3 Å². The summed E-state index contributed by atoms with van der Waals surface area (Å²) in [5.41, 5.74) is 0.102. The monoisotopic (exact) mass is 283 g/mol. The molecule has 0 spiro atoms. The van der Waals surface area contributed by atoms with Crippen molar-refractivity contribution in [2.75, 3.05) is 33.7 Å². The van der Waals surface area contributed by atoms with Crippen LogP contribution in [-0.2, 0) is 9.59 Å². The fraction of sp³-hybridized carbons (Fsp3) is 0.867. The first-order valence-electron chi connectivity index (χ1n) is 7.36. The molecule has 1 fully saturated rings. The van der Waals surface area contributed by atoms with Gasteiger partial charge in [0.25, 0.3) is 0 Å². The van der Waals surface area contributed by atoms with Crippen LogP contribution >= 0.6 is 0 Å². The van der Waals surface area contributed by atoms with Gasteiger partial charge in [-0.05, 0) is 11.3 Å². The van der Waals surface area contributed by atoms with Gasteiger partial charge in [-0.1, -0.05) is 27.7 Å². The minimum absolute atomic E-state index is 0.00559. The molecule has 0 bridgehead atoms. The second-order valence-corrected chi connectivity index (χ2v) is 7.01. The number of piperazine rings is 1. The van der Waals surface area contributed by atoms with Crippen LogP contribution in [-0.4, -0.2) is 61.4 Å². The van der Waals surface area contributed by atoms with Crippen LogP contribution in [0.5, 0.6) is 0 Å². The van der Waals surface area contributed by atoms with Crippen molar-refractivity contribution in [3.05, 3.63) is 0 Å². The Morgan fingerprint density at radius 3 is 2.45 bits per heavy atom. The van der Waals surface area contributed by atoms with Crippen molar-refractivity contribution in [3.8, 4) is 0 Å². The summed E-state index contributed by atoms with van der Waals surface area (Å²) in [6, 6.07) is -0.363. The molecule has 0 saturated carbocycles. The van der Waals surface area contributed by atoms with Crippen LogP contribution in [0.25, 0.3) is 0 Å². The maximum absolute atomic E-state index is 12.5. The van der Waals surface area contributed by atoms with E-state index in [0.29, 0.717) is 25.4 Å². The number of hydrogen-bond acceptors (Lipinski definition) is 3. The summed E-state index contributed by atoms with van der Waals surface area (Å²) in [5, 5.41) is 3.20. The molecule has 1 saturated heterocycles. The lowest BCUT2D eigenvalue weighted by atomic mass is 9.80. The zero-order chi connectivity index (χ0) is 15.5. The summed E-state index contributed by atoms with van der Waals surface area (Å²) < 4.78 is 0. The van der Waals surface area contributed by atoms with E-state index in [4.69, 9.17) is 0 Å². The molecule has 1 aliphatic rings. The molecule has 116 valence electrons. The van der Waals surface area contributed by atoms with Crippen molar-refractivity contribution in [1.82, 2.24) is 15.1 Å². The third kappa shape index (κ3) is 4.20. The topological polar surface area (TPSA) is 52.7 Å². The molecule has 1 rings (SSSR count). The van der Waals surface area contributed by atoms with Crippen LogP contribution in [0.1, 0.15) is 34.1 Å². The molecule has 1 heterocycles. The SMILES string of the molecule is CC(CC(=O)N1CCNCC1C(=O)N(C)C)C(C)(C)C. The number of likely N-dealkylation sites (N-methyl/N-ethyl adjacent to an activating group) is 1. The Labute approximate surface area is 122 Å². The number of nitrogens with zero attached hydrogens (tertiary/aromatic N) is 2. The molecule has 20 heavy (non-hydrogen) atoms. The summed E-state index contributed by atoms with van der Waals surface area (Å²) in [4.78, 5) is 28.0. The highest BCUT2D eigenvalue weighted by molar-refractivity contribution is 5.88. The summed E-state index contributed by atoms with van der Waals surface area (Å²) >= 11 is 0. The Bertz CT molecular complexity index is 361. The fourth-order valence-corrected chi connectivity index (χ4v) is 2.21. The van der Waals surface area contributed by atoms with Gasteiger partial charge in [0.05, 0.1) is 0 Å². The zero-order valence-electron chi connectivity index (χ0n) is 13.7. The number of carbonyl (C=O) groups excluding carboxylic acids is 2. The lowest BCUT2D eigenvalue weighted by Gasteiger charge is -2.38. The van der Waals surface area contributed by atoms with Gasteiger partial charge in [-0.15, -0.1) is 0 Å². The smallest absolute Gasteiger partial charge is 0.246 e. The first-order chi connectivity index (χ1) is 9.14. The van der Waals surface area contributed by atoms with Gasteiger partial charge in [0, 0.05) is 40.2 Å². The first kappa shape index (κ1) is 17.0. The summed E-state index contributed by atoms with van der Waals surface area (Å²) in [6.07, 6.45) is 0.501. The van der Waals surface area contributed by atoms with Gasteiger partial charge < -0.3 is 15.1 Å². The highest BCUT2D eigenvalue weighted by Crippen LogP contribution is 2.28. The third-order valence-electron chi connectivity index (χ3n) is 4.25. The molecule has 5 nitrogen and oxygen atoms in total. The Morgan fingerprint density at radius 2 is 1.95 bits per heavy atom. The van der Waals surface area contributed by atoms with Gasteiger partial charge in [-0.2, -0.15) is 0 Å². The van der Waals surface area contributed by atoms with Gasteiger partial charge in [0.1, 0.15) is 6.04 Å². The van der Waals surface area contributed by atoms with Crippen molar-refractivity contribution in [2.45, 2.75) is 40.2 Å². The highest BCUT2D eigenvalue weighted by Gasteiger charge is 2.34. The molecule has 1 N–H and O–H groups in total. The van der Waals surface area contributed by atoms with Crippen molar-refractivity contribution in [3.63, 3.8) is 0 Å².